The van der Waals surface area contributed by atoms with Gasteiger partial charge < -0.3 is 0 Å². The highest BCUT2D eigenvalue weighted by Gasteiger charge is 2.38. The van der Waals surface area contributed by atoms with Crippen LogP contribution in [0.15, 0.2) is 30.4 Å². The molecule has 0 radical (unpaired) electrons. The normalized spacial score (nSPS) is 17.3. The van der Waals surface area contributed by atoms with Gasteiger partial charge in [-0.2, -0.15) is 26.3 Å². The predicted molar refractivity (Wildman–Crippen MR) is 78.1 cm³/mol. The number of hydrogen-bond donors (Lipinski definition) is 0. The van der Waals surface area contributed by atoms with E-state index in [1.54, 1.807) is 19.9 Å². The second kappa shape index (κ2) is 6.57. The SMILES string of the molecule is C/C=C\C(C)(CC)C(C)c1cc(C(F)(F)F)cc(C(F)(F)F)c1. The smallest absolute Gasteiger partial charge is 0.166 e. The highest BCUT2D eigenvalue weighted by Crippen LogP contribution is 2.43. The molecule has 0 aromatic heterocycles. The molecule has 1 rings (SSSR count). The number of hydrogen-bond acceptors (Lipinski definition) is 0. The average Bonchev–Trinajstić information content (AvgIpc) is 2.44. The molecule has 0 aliphatic rings. The van der Waals surface area contributed by atoms with Crippen LogP contribution in [0, 0.1) is 5.41 Å². The van der Waals surface area contributed by atoms with Crippen molar-refractivity contribution in [3.05, 3.63) is 47.0 Å². The molecule has 23 heavy (non-hydrogen) atoms. The van der Waals surface area contributed by atoms with Crippen LogP contribution in [0.5, 0.6) is 0 Å². The van der Waals surface area contributed by atoms with E-state index in [0.717, 1.165) is 12.1 Å². The van der Waals surface area contributed by atoms with E-state index in [4.69, 9.17) is 0 Å². The zero-order chi connectivity index (χ0) is 18.1. The lowest BCUT2D eigenvalue weighted by atomic mass is 9.72. The molecule has 0 nitrogen and oxygen atoms in total. The summed E-state index contributed by atoms with van der Waals surface area (Å²) in [7, 11) is 0. The summed E-state index contributed by atoms with van der Waals surface area (Å²) in [5, 5.41) is 0. The third kappa shape index (κ3) is 4.52. The lowest BCUT2D eigenvalue weighted by molar-refractivity contribution is -0.143. The van der Waals surface area contributed by atoms with E-state index in [9.17, 15) is 26.3 Å². The van der Waals surface area contributed by atoms with Gasteiger partial charge in [0.15, 0.2) is 0 Å². The molecule has 1 aromatic carbocycles. The van der Waals surface area contributed by atoms with Gasteiger partial charge in [0.05, 0.1) is 11.1 Å². The Bertz CT molecular complexity index is 535. The highest BCUT2D eigenvalue weighted by molar-refractivity contribution is 5.36. The molecule has 0 saturated carbocycles. The second-order valence-corrected chi connectivity index (χ2v) is 5.92. The zero-order valence-electron chi connectivity index (χ0n) is 13.4. The molecule has 1 aromatic rings. The third-order valence-electron chi connectivity index (χ3n) is 4.41. The van der Waals surface area contributed by atoms with Crippen molar-refractivity contribution in [2.24, 2.45) is 5.41 Å². The molecular formula is C17H20F6. The molecule has 0 aliphatic carbocycles. The second-order valence-electron chi connectivity index (χ2n) is 5.92. The van der Waals surface area contributed by atoms with Gasteiger partial charge in [0, 0.05) is 0 Å². The van der Waals surface area contributed by atoms with Crippen LogP contribution >= 0.6 is 0 Å². The molecule has 0 heterocycles. The fraction of sp³-hybridized carbons (Fsp3) is 0.529. The first-order valence-corrected chi connectivity index (χ1v) is 7.28. The van der Waals surface area contributed by atoms with Crippen molar-refractivity contribution < 1.29 is 26.3 Å². The number of allylic oxidation sites excluding steroid dienone is 2. The predicted octanol–water partition coefficient (Wildman–Crippen LogP) is 6.82. The van der Waals surface area contributed by atoms with E-state index >= 15 is 0 Å². The number of halogens is 6. The quantitative estimate of drug-likeness (QED) is 0.417. The van der Waals surface area contributed by atoms with Crippen molar-refractivity contribution in [2.45, 2.75) is 52.4 Å². The minimum atomic E-state index is -4.82. The first-order valence-electron chi connectivity index (χ1n) is 7.28. The Morgan fingerprint density at radius 3 is 1.70 bits per heavy atom. The Balaban J connectivity index is 3.52. The van der Waals surface area contributed by atoms with Crippen LogP contribution in [0.1, 0.15) is 56.7 Å². The van der Waals surface area contributed by atoms with E-state index in [1.165, 1.54) is 0 Å². The summed E-state index contributed by atoms with van der Waals surface area (Å²) >= 11 is 0. The van der Waals surface area contributed by atoms with Crippen LogP contribution in [0.2, 0.25) is 0 Å². The van der Waals surface area contributed by atoms with Gasteiger partial charge in [-0.3, -0.25) is 0 Å². The van der Waals surface area contributed by atoms with E-state index < -0.39 is 34.8 Å². The Kier molecular flexibility index (Phi) is 5.60. The third-order valence-corrected chi connectivity index (χ3v) is 4.41. The van der Waals surface area contributed by atoms with Crippen molar-refractivity contribution in [1.82, 2.24) is 0 Å². The molecule has 0 aliphatic heterocycles. The largest absolute Gasteiger partial charge is 0.416 e. The number of rotatable bonds is 4. The molecule has 2 unspecified atom stereocenters. The van der Waals surface area contributed by atoms with Gasteiger partial charge in [-0.1, -0.05) is 32.9 Å². The van der Waals surface area contributed by atoms with E-state index in [-0.39, 0.29) is 11.6 Å². The van der Waals surface area contributed by atoms with Gasteiger partial charge in [-0.15, -0.1) is 0 Å². The molecule has 0 fully saturated rings. The Morgan fingerprint density at radius 1 is 0.957 bits per heavy atom. The van der Waals surface area contributed by atoms with Crippen LogP contribution in [-0.2, 0) is 12.4 Å². The number of benzene rings is 1. The first kappa shape index (κ1) is 19.6. The van der Waals surface area contributed by atoms with Crippen LogP contribution in [-0.4, -0.2) is 0 Å². The Labute approximate surface area is 132 Å². The Morgan fingerprint density at radius 2 is 1.39 bits per heavy atom. The van der Waals surface area contributed by atoms with E-state index in [0.29, 0.717) is 6.42 Å². The fourth-order valence-electron chi connectivity index (χ4n) is 2.56. The minimum Gasteiger partial charge on any atom is -0.166 e. The van der Waals surface area contributed by atoms with Crippen molar-refractivity contribution >= 4 is 0 Å². The minimum absolute atomic E-state index is 0.0367. The summed E-state index contributed by atoms with van der Waals surface area (Å²) in [5.74, 6) is -0.493. The van der Waals surface area contributed by atoms with Crippen LogP contribution in [0.25, 0.3) is 0 Å². The van der Waals surface area contributed by atoms with Gasteiger partial charge in [-0.05, 0) is 48.4 Å². The van der Waals surface area contributed by atoms with E-state index in [1.807, 2.05) is 19.9 Å². The standard InChI is InChI=1S/C17H20F6/c1-5-7-15(4,6-2)11(3)12-8-13(16(18,19)20)10-14(9-12)17(21,22)23/h5,7-11H,6H2,1-4H3/b7-5-. The molecule has 0 amide bonds. The van der Waals surface area contributed by atoms with Crippen LogP contribution in [0.4, 0.5) is 26.3 Å². The van der Waals surface area contributed by atoms with Crippen LogP contribution < -0.4 is 0 Å². The molecule has 0 bridgehead atoms. The summed E-state index contributed by atoms with van der Waals surface area (Å²) in [6.07, 6.45) is -5.46. The van der Waals surface area contributed by atoms with Gasteiger partial charge in [0.2, 0.25) is 0 Å². The zero-order valence-corrected chi connectivity index (χ0v) is 13.4. The van der Waals surface area contributed by atoms with Crippen molar-refractivity contribution in [3.63, 3.8) is 0 Å². The molecule has 0 spiro atoms. The van der Waals surface area contributed by atoms with E-state index in [2.05, 4.69) is 0 Å². The van der Waals surface area contributed by atoms with Crippen molar-refractivity contribution in [2.75, 3.05) is 0 Å². The maximum absolute atomic E-state index is 12.9. The topological polar surface area (TPSA) is 0 Å². The van der Waals surface area contributed by atoms with Crippen LogP contribution in [0.3, 0.4) is 0 Å². The fourth-order valence-corrected chi connectivity index (χ4v) is 2.56. The average molecular weight is 338 g/mol. The molecular weight excluding hydrogens is 318 g/mol. The first-order chi connectivity index (χ1) is 10.3. The molecule has 2 atom stereocenters. The van der Waals surface area contributed by atoms with Gasteiger partial charge in [-0.25, -0.2) is 0 Å². The van der Waals surface area contributed by atoms with Crippen molar-refractivity contribution in [1.29, 1.82) is 0 Å². The van der Waals surface area contributed by atoms with Gasteiger partial charge in [0.25, 0.3) is 0 Å². The Hall–Kier alpha value is -1.46. The lowest BCUT2D eigenvalue weighted by Gasteiger charge is -2.33. The summed E-state index contributed by atoms with van der Waals surface area (Å²) in [6, 6.07) is 1.80. The monoisotopic (exact) mass is 338 g/mol. The van der Waals surface area contributed by atoms with Gasteiger partial charge in [0.1, 0.15) is 0 Å². The maximum Gasteiger partial charge on any atom is 0.416 e. The highest BCUT2D eigenvalue weighted by atomic mass is 19.4. The summed E-state index contributed by atoms with van der Waals surface area (Å²) in [6.45, 7) is 7.10. The summed E-state index contributed by atoms with van der Waals surface area (Å²) < 4.78 is 77.7. The summed E-state index contributed by atoms with van der Waals surface area (Å²) in [4.78, 5) is 0. The molecule has 0 saturated heterocycles. The molecule has 130 valence electrons. The molecule has 0 N–H and O–H groups in total. The molecule has 6 heteroatoms. The summed E-state index contributed by atoms with van der Waals surface area (Å²) in [5.41, 5.74) is -3.03. The van der Waals surface area contributed by atoms with Gasteiger partial charge >= 0.3 is 12.4 Å². The lowest BCUT2D eigenvalue weighted by Crippen LogP contribution is -2.22. The maximum atomic E-state index is 12.9. The van der Waals surface area contributed by atoms with Crippen molar-refractivity contribution in [3.8, 4) is 0 Å². The number of alkyl halides is 6.